The minimum atomic E-state index is -0.0887. The van der Waals surface area contributed by atoms with Gasteiger partial charge in [0.1, 0.15) is 0 Å². The van der Waals surface area contributed by atoms with Gasteiger partial charge in [0.25, 0.3) is 0 Å². The molecule has 0 unspecified atom stereocenters. The molecule has 5 heteroatoms. The van der Waals surface area contributed by atoms with Gasteiger partial charge in [0, 0.05) is 40.3 Å². The van der Waals surface area contributed by atoms with Crippen molar-refractivity contribution in [1.82, 2.24) is 4.90 Å². The maximum Gasteiger partial charge on any atom is 0.0740 e. The number of thiocarbonyl (C=S) groups is 1. The van der Waals surface area contributed by atoms with Crippen LogP contribution in [0.25, 0.3) is 0 Å². The molecule has 4 nitrogen and oxygen atoms in total. The van der Waals surface area contributed by atoms with Crippen molar-refractivity contribution in [3.8, 4) is 0 Å². The SMILES string of the molecule is COCCN(CCC(N)=S)CCC(C)(C)OC. The van der Waals surface area contributed by atoms with Crippen molar-refractivity contribution in [2.45, 2.75) is 32.3 Å². The highest BCUT2D eigenvalue weighted by atomic mass is 32.1. The van der Waals surface area contributed by atoms with Gasteiger partial charge in [-0.1, -0.05) is 12.2 Å². The van der Waals surface area contributed by atoms with Crippen LogP contribution in [0, 0.1) is 0 Å². The standard InChI is InChI=1S/C12H26N2O2S/c1-12(2,16-4)6-8-14(9-10-15-3)7-5-11(13)17/h5-10H2,1-4H3,(H2,13,17). The van der Waals surface area contributed by atoms with Gasteiger partial charge in [-0.2, -0.15) is 0 Å². The highest BCUT2D eigenvalue weighted by Gasteiger charge is 2.17. The summed E-state index contributed by atoms with van der Waals surface area (Å²) in [6.07, 6.45) is 1.73. The van der Waals surface area contributed by atoms with Gasteiger partial charge in [-0.3, -0.25) is 0 Å². The van der Waals surface area contributed by atoms with Crippen molar-refractivity contribution in [2.24, 2.45) is 5.73 Å². The first-order chi connectivity index (χ1) is 7.91. The third-order valence-electron chi connectivity index (χ3n) is 2.87. The van der Waals surface area contributed by atoms with Crippen LogP contribution in [-0.4, -0.2) is 56.0 Å². The summed E-state index contributed by atoms with van der Waals surface area (Å²) >= 11 is 4.90. The first-order valence-corrected chi connectivity index (χ1v) is 6.37. The van der Waals surface area contributed by atoms with Crippen LogP contribution in [0.3, 0.4) is 0 Å². The van der Waals surface area contributed by atoms with E-state index < -0.39 is 0 Å². The Hall–Kier alpha value is -0.230. The fraction of sp³-hybridized carbons (Fsp3) is 0.917. The van der Waals surface area contributed by atoms with Crippen molar-refractivity contribution in [2.75, 3.05) is 40.5 Å². The number of rotatable bonds is 10. The van der Waals surface area contributed by atoms with E-state index in [1.54, 1.807) is 14.2 Å². The van der Waals surface area contributed by atoms with Crippen LogP contribution in [-0.2, 0) is 9.47 Å². The molecule has 0 fully saturated rings. The molecule has 102 valence electrons. The molecular formula is C12H26N2O2S. The summed E-state index contributed by atoms with van der Waals surface area (Å²) in [5.41, 5.74) is 5.44. The second-order valence-electron chi connectivity index (χ2n) is 4.76. The third-order valence-corrected chi connectivity index (χ3v) is 3.07. The van der Waals surface area contributed by atoms with E-state index in [4.69, 9.17) is 27.4 Å². The second kappa shape index (κ2) is 8.80. The molecule has 0 saturated heterocycles. The summed E-state index contributed by atoms with van der Waals surface area (Å²) in [7, 11) is 3.46. The van der Waals surface area contributed by atoms with Gasteiger partial charge >= 0.3 is 0 Å². The van der Waals surface area contributed by atoms with Crippen LogP contribution in [0.1, 0.15) is 26.7 Å². The van der Waals surface area contributed by atoms with E-state index in [2.05, 4.69) is 18.7 Å². The number of hydrogen-bond acceptors (Lipinski definition) is 4. The topological polar surface area (TPSA) is 47.7 Å². The largest absolute Gasteiger partial charge is 0.393 e. The number of ether oxygens (including phenoxy) is 2. The molecule has 0 bridgehead atoms. The van der Waals surface area contributed by atoms with Crippen molar-refractivity contribution >= 4 is 17.2 Å². The maximum absolute atomic E-state index is 5.53. The quantitative estimate of drug-likeness (QED) is 0.604. The molecule has 0 spiro atoms. The highest BCUT2D eigenvalue weighted by Crippen LogP contribution is 2.13. The fourth-order valence-electron chi connectivity index (χ4n) is 1.35. The van der Waals surface area contributed by atoms with E-state index in [1.807, 2.05) is 0 Å². The number of methoxy groups -OCH3 is 2. The Bertz CT molecular complexity index is 223. The van der Waals surface area contributed by atoms with Crippen LogP contribution in [0.2, 0.25) is 0 Å². The predicted octanol–water partition coefficient (Wildman–Crippen LogP) is 1.43. The molecule has 2 N–H and O–H groups in total. The lowest BCUT2D eigenvalue weighted by Gasteiger charge is -2.28. The maximum atomic E-state index is 5.53. The fourth-order valence-corrected chi connectivity index (χ4v) is 1.44. The Morgan fingerprint density at radius 2 is 1.88 bits per heavy atom. The first-order valence-electron chi connectivity index (χ1n) is 5.96. The van der Waals surface area contributed by atoms with Crippen molar-refractivity contribution in [3.05, 3.63) is 0 Å². The molecule has 0 saturated carbocycles. The minimum absolute atomic E-state index is 0.0887. The second-order valence-corrected chi connectivity index (χ2v) is 5.29. The van der Waals surface area contributed by atoms with Gasteiger partial charge in [0.05, 0.1) is 17.2 Å². The Morgan fingerprint density at radius 3 is 2.35 bits per heavy atom. The van der Waals surface area contributed by atoms with Crippen molar-refractivity contribution < 1.29 is 9.47 Å². The Morgan fingerprint density at radius 1 is 1.24 bits per heavy atom. The van der Waals surface area contributed by atoms with Gasteiger partial charge in [-0.05, 0) is 20.3 Å². The Balaban J connectivity index is 4.04. The smallest absolute Gasteiger partial charge is 0.0740 e. The lowest BCUT2D eigenvalue weighted by Crippen LogP contribution is -2.36. The van der Waals surface area contributed by atoms with Crippen LogP contribution in [0.15, 0.2) is 0 Å². The van der Waals surface area contributed by atoms with Gasteiger partial charge in [-0.25, -0.2) is 0 Å². The molecule has 0 aliphatic carbocycles. The monoisotopic (exact) mass is 262 g/mol. The zero-order chi connectivity index (χ0) is 13.3. The van der Waals surface area contributed by atoms with Crippen molar-refractivity contribution in [3.63, 3.8) is 0 Å². The van der Waals surface area contributed by atoms with Gasteiger partial charge in [0.15, 0.2) is 0 Å². The Labute approximate surface area is 110 Å². The summed E-state index contributed by atoms with van der Waals surface area (Å²) in [6, 6.07) is 0. The molecule has 0 aromatic heterocycles. The molecular weight excluding hydrogens is 236 g/mol. The molecule has 0 aromatic rings. The summed E-state index contributed by atoms with van der Waals surface area (Å²) in [4.78, 5) is 2.88. The third kappa shape index (κ3) is 9.47. The molecule has 0 radical (unpaired) electrons. The van der Waals surface area contributed by atoms with E-state index in [9.17, 15) is 0 Å². The molecule has 0 aliphatic heterocycles. The molecule has 0 amide bonds. The van der Waals surface area contributed by atoms with E-state index in [1.165, 1.54) is 0 Å². The number of nitrogens with two attached hydrogens (primary N) is 1. The molecule has 17 heavy (non-hydrogen) atoms. The molecule has 0 atom stereocenters. The zero-order valence-corrected chi connectivity index (χ0v) is 12.3. The van der Waals surface area contributed by atoms with Crippen LogP contribution in [0.5, 0.6) is 0 Å². The molecule has 0 rings (SSSR count). The number of nitrogens with zero attached hydrogens (tertiary/aromatic N) is 1. The minimum Gasteiger partial charge on any atom is -0.393 e. The van der Waals surface area contributed by atoms with Crippen LogP contribution >= 0.6 is 12.2 Å². The highest BCUT2D eigenvalue weighted by molar-refractivity contribution is 7.80. The van der Waals surface area contributed by atoms with Crippen molar-refractivity contribution in [1.29, 1.82) is 0 Å². The van der Waals surface area contributed by atoms with E-state index in [0.717, 1.165) is 39.1 Å². The molecule has 0 heterocycles. The lowest BCUT2D eigenvalue weighted by atomic mass is 10.0. The number of hydrogen-bond donors (Lipinski definition) is 1. The predicted molar refractivity (Wildman–Crippen MR) is 75.4 cm³/mol. The summed E-state index contributed by atoms with van der Waals surface area (Å²) in [6.45, 7) is 7.67. The normalized spacial score (nSPS) is 12.1. The molecule has 0 aliphatic rings. The van der Waals surface area contributed by atoms with Gasteiger partial charge in [0.2, 0.25) is 0 Å². The summed E-state index contributed by atoms with van der Waals surface area (Å²) < 4.78 is 10.5. The van der Waals surface area contributed by atoms with E-state index in [-0.39, 0.29) is 5.60 Å². The summed E-state index contributed by atoms with van der Waals surface area (Å²) in [5, 5.41) is 0. The van der Waals surface area contributed by atoms with Crippen LogP contribution < -0.4 is 5.73 Å². The molecule has 0 aromatic carbocycles. The summed E-state index contributed by atoms with van der Waals surface area (Å²) in [5.74, 6) is 0. The van der Waals surface area contributed by atoms with E-state index in [0.29, 0.717) is 4.99 Å². The van der Waals surface area contributed by atoms with Gasteiger partial charge in [-0.15, -0.1) is 0 Å². The van der Waals surface area contributed by atoms with Crippen LogP contribution in [0.4, 0.5) is 0 Å². The lowest BCUT2D eigenvalue weighted by molar-refractivity contribution is 0.00596. The average Bonchev–Trinajstić information content (AvgIpc) is 2.28. The zero-order valence-electron chi connectivity index (χ0n) is 11.5. The van der Waals surface area contributed by atoms with Gasteiger partial charge < -0.3 is 20.1 Å². The Kier molecular flexibility index (Phi) is 8.68. The average molecular weight is 262 g/mol. The first kappa shape index (κ1) is 16.8. The van der Waals surface area contributed by atoms with E-state index >= 15 is 0 Å².